The number of aromatic nitrogens is 2. The fourth-order valence-electron chi connectivity index (χ4n) is 8.12. The van der Waals surface area contributed by atoms with E-state index in [1.54, 1.807) is 39.8 Å². The highest BCUT2D eigenvalue weighted by Gasteiger charge is 2.34. The molecule has 0 saturated heterocycles. The van der Waals surface area contributed by atoms with Crippen LogP contribution in [0.2, 0.25) is 0 Å². The van der Waals surface area contributed by atoms with E-state index in [4.69, 9.17) is 4.74 Å². The molecule has 4 amide bonds. The Morgan fingerprint density at radius 1 is 0.847 bits per heavy atom. The third-order valence-corrected chi connectivity index (χ3v) is 12.0. The first-order chi connectivity index (χ1) is 33.3. The lowest BCUT2D eigenvalue weighted by atomic mass is 10.0. The van der Waals surface area contributed by atoms with E-state index >= 15 is 0 Å². The number of anilines is 1. The second-order valence-electron chi connectivity index (χ2n) is 17.0. The van der Waals surface area contributed by atoms with Gasteiger partial charge in [0.05, 0.1) is 39.3 Å². The van der Waals surface area contributed by atoms with Gasteiger partial charge in [-0.15, -0.1) is 12.4 Å². The number of aliphatic hydroxyl groups excluding tert-OH is 1. The minimum Gasteiger partial charge on any atom is -0.494 e. The second kappa shape index (κ2) is 28.6. The Morgan fingerprint density at radius 3 is 1.96 bits per heavy atom. The number of aliphatic hydroxyl groups is 1. The van der Waals surface area contributed by atoms with E-state index in [2.05, 4.69) is 72.0 Å². The molecule has 396 valence electrons. The third kappa shape index (κ3) is 14.6. The maximum Gasteiger partial charge on any atom is 0.410 e. The number of allylic oxidation sites excluding steroid dienone is 1. The molecule has 6 rings (SSSR count). The van der Waals surface area contributed by atoms with Gasteiger partial charge in [0.2, 0.25) is 5.88 Å². The molecule has 0 bridgehead atoms. The Balaban J connectivity index is 0.000000460. The maximum absolute atomic E-state index is 14.1. The molecule has 0 fully saturated rings. The van der Waals surface area contributed by atoms with Crippen LogP contribution < -0.4 is 15.5 Å². The minimum atomic E-state index is -0.601. The standard InChI is InChI=1S/C26H34FN5O4.C23H29FN4O3.C3H8.CH4.ClH/c1-7-31(8-2)12-11-28-24(33)23-16(3)21(29-17(23)4)14-20-19-13-18(27)9-10-22(19)32(25(20)34)15-36-26(35)30(5)6;1-5-27(6-2)10-9-25-22(30)21-14(3)19(26-15(21)4)12-18-17-11-16(24)7-8-20(17)28(13-29)23(18)31;1-3-2;;/h9-10,13-14,29H,7-8,11-12,15H2,1-6H3,(H,28,33);7-8,11-12,29,31H,5-6,9-10,13H2,1-4H3,(H,25,30);3H2,1-2H3;1H4;1H/b20-14-;;;;. The number of halogens is 3. The van der Waals surface area contributed by atoms with Gasteiger partial charge in [0, 0.05) is 68.2 Å². The van der Waals surface area contributed by atoms with E-state index in [-0.39, 0.29) is 49.8 Å². The second-order valence-corrected chi connectivity index (χ2v) is 17.0. The normalized spacial score (nSPS) is 13.9. The largest absolute Gasteiger partial charge is 0.494 e. The van der Waals surface area contributed by atoms with E-state index in [1.807, 2.05) is 0 Å². The molecule has 2 aromatic heterocycles. The van der Waals surface area contributed by atoms with Crippen molar-refractivity contribution in [2.24, 2.45) is 4.99 Å². The van der Waals surface area contributed by atoms with Gasteiger partial charge in [-0.3, -0.25) is 28.8 Å². The first-order valence-corrected chi connectivity index (χ1v) is 23.8. The van der Waals surface area contributed by atoms with Crippen LogP contribution in [-0.4, -0.2) is 137 Å². The molecule has 0 radical (unpaired) electrons. The van der Waals surface area contributed by atoms with E-state index in [0.29, 0.717) is 85.9 Å². The molecule has 0 unspecified atom stereocenters. The molecule has 4 aromatic rings. The van der Waals surface area contributed by atoms with Crippen molar-refractivity contribution in [2.75, 3.05) is 78.1 Å². The summed E-state index contributed by atoms with van der Waals surface area (Å²) in [6, 6.07) is 8.09. The average molecular weight is 1020 g/mol. The number of carbonyl (C=O) groups excluding carboxylic acids is 4. The van der Waals surface area contributed by atoms with Crippen molar-refractivity contribution in [3.63, 3.8) is 0 Å². The lowest BCUT2D eigenvalue weighted by Crippen LogP contribution is -2.36. The van der Waals surface area contributed by atoms with Gasteiger partial charge in [-0.2, -0.15) is 0 Å². The van der Waals surface area contributed by atoms with Crippen molar-refractivity contribution in [3.05, 3.63) is 98.5 Å². The molecule has 0 saturated carbocycles. The lowest BCUT2D eigenvalue weighted by Gasteiger charge is -2.18. The minimum absolute atomic E-state index is 0. The van der Waals surface area contributed by atoms with Crippen LogP contribution in [0.25, 0.3) is 28.6 Å². The quantitative estimate of drug-likeness (QED) is 0.0644. The van der Waals surface area contributed by atoms with Gasteiger partial charge < -0.3 is 45.3 Å². The number of ether oxygens (including phenoxy) is 1. The zero-order chi connectivity index (χ0) is 52.0. The average Bonchev–Trinajstić information content (AvgIpc) is 3.96. The first kappa shape index (κ1) is 61.8. The number of hydrogen-bond donors (Lipinski definition) is 5. The van der Waals surface area contributed by atoms with Crippen LogP contribution in [-0.2, 0) is 21.1 Å². The number of amides is 4. The van der Waals surface area contributed by atoms with Crippen LogP contribution in [0, 0.1) is 25.5 Å². The number of aliphatic imine (C=N–C) groups is 1. The molecular formula is C53H76ClF2N9O7. The summed E-state index contributed by atoms with van der Waals surface area (Å²) in [4.78, 5) is 65.5. The van der Waals surface area contributed by atoms with Gasteiger partial charge in [-0.25, -0.2) is 13.6 Å². The number of aromatic hydroxyl groups is 1. The molecule has 0 spiro atoms. The number of rotatable bonds is 17. The Bertz CT molecular complexity index is 2660. The van der Waals surface area contributed by atoms with Gasteiger partial charge in [0.15, 0.2) is 6.73 Å². The number of hydrogen-bond acceptors (Lipinski definition) is 10. The Morgan fingerprint density at radius 2 is 1.40 bits per heavy atom. The van der Waals surface area contributed by atoms with Gasteiger partial charge in [-0.1, -0.05) is 55.4 Å². The summed E-state index contributed by atoms with van der Waals surface area (Å²) in [7, 11) is 3.08. The number of aryl methyl sites for hydroxylation is 1. The summed E-state index contributed by atoms with van der Waals surface area (Å²) < 4.78 is 34.4. The van der Waals surface area contributed by atoms with Crippen LogP contribution >= 0.6 is 12.4 Å². The summed E-state index contributed by atoms with van der Waals surface area (Å²) >= 11 is 0. The first-order valence-electron chi connectivity index (χ1n) is 23.8. The van der Waals surface area contributed by atoms with Crippen molar-refractivity contribution in [1.29, 1.82) is 0 Å². The van der Waals surface area contributed by atoms with Gasteiger partial charge >= 0.3 is 6.09 Å². The fourth-order valence-corrected chi connectivity index (χ4v) is 8.12. The van der Waals surface area contributed by atoms with E-state index in [1.165, 1.54) is 71.3 Å². The molecule has 5 N–H and O–H groups in total. The van der Waals surface area contributed by atoms with Crippen molar-refractivity contribution < 1.29 is 42.9 Å². The predicted octanol–water partition coefficient (Wildman–Crippen LogP) is 8.89. The fraction of sp³-hybridized carbons (Fsp3) is 0.453. The zero-order valence-corrected chi connectivity index (χ0v) is 44.0. The van der Waals surface area contributed by atoms with E-state index in [9.17, 15) is 38.2 Å². The van der Waals surface area contributed by atoms with Crippen LogP contribution in [0.15, 0.2) is 58.2 Å². The number of likely N-dealkylation sites (N-methyl/N-ethyl adjacent to an activating group) is 2. The predicted molar refractivity (Wildman–Crippen MR) is 287 cm³/mol. The van der Waals surface area contributed by atoms with E-state index in [0.717, 1.165) is 39.3 Å². The molecule has 0 aliphatic carbocycles. The molecule has 16 nitrogen and oxygen atoms in total. The summed E-state index contributed by atoms with van der Waals surface area (Å²) in [5.74, 6) is -1.95. The summed E-state index contributed by atoms with van der Waals surface area (Å²) in [5.41, 5.74) is 6.64. The number of H-pyrrole nitrogens is 1. The van der Waals surface area contributed by atoms with Crippen LogP contribution in [0.4, 0.5) is 19.3 Å². The van der Waals surface area contributed by atoms with Crippen LogP contribution in [0.3, 0.4) is 0 Å². The number of carbonyl (C=O) groups is 4. The van der Waals surface area contributed by atoms with Gasteiger partial charge in [0.25, 0.3) is 17.7 Å². The molecular weight excluding hydrogens is 948 g/mol. The third-order valence-electron chi connectivity index (χ3n) is 12.0. The van der Waals surface area contributed by atoms with E-state index < -0.39 is 30.4 Å². The number of nitrogens with zero attached hydrogens (tertiary/aromatic N) is 6. The van der Waals surface area contributed by atoms with Gasteiger partial charge in [-0.05, 0) is 114 Å². The molecule has 19 heteroatoms. The smallest absolute Gasteiger partial charge is 0.410 e. The topological polar surface area (TPSA) is 188 Å². The monoisotopic (exact) mass is 1020 g/mol. The van der Waals surface area contributed by atoms with Crippen LogP contribution in [0.1, 0.15) is 108 Å². The summed E-state index contributed by atoms with van der Waals surface area (Å²) in [5, 5.41) is 26.6. The Hall–Kier alpha value is -6.34. The van der Waals surface area contributed by atoms with Crippen molar-refractivity contribution in [3.8, 4) is 5.88 Å². The van der Waals surface area contributed by atoms with Crippen molar-refractivity contribution in [2.45, 2.75) is 89.8 Å². The molecule has 0 atom stereocenters. The Kier molecular flexibility index (Phi) is 24.6. The van der Waals surface area contributed by atoms with Gasteiger partial charge in [0.1, 0.15) is 18.4 Å². The van der Waals surface area contributed by atoms with Crippen molar-refractivity contribution >= 4 is 76.2 Å². The molecule has 4 heterocycles. The zero-order valence-electron chi connectivity index (χ0n) is 43.2. The highest BCUT2D eigenvalue weighted by atomic mass is 35.5. The van der Waals surface area contributed by atoms with Crippen molar-refractivity contribution in [1.82, 2.24) is 34.9 Å². The molecule has 2 aliphatic rings. The highest BCUT2D eigenvalue weighted by Crippen LogP contribution is 2.39. The lowest BCUT2D eigenvalue weighted by molar-refractivity contribution is -0.117. The number of nitrogens with one attached hydrogen (secondary N) is 3. The molecule has 2 aliphatic heterocycles. The molecule has 2 aromatic carbocycles. The SMILES string of the molecule is C.CCC.CCN(CC)CCNC(=O)C1=C(C)C(=Cc2c(O)n(CO)c3ccc(F)cc23)N=C1C.CCN(CC)CCNC(=O)c1c(C)[nH]c(/C=C2\C(=O)N(COC(=O)N(C)C)c3ccc(F)cc32)c1C.Cl. The number of aromatic amines is 1. The van der Waals surface area contributed by atoms with Crippen LogP contribution in [0.5, 0.6) is 5.88 Å². The maximum atomic E-state index is 14.1. The summed E-state index contributed by atoms with van der Waals surface area (Å²) in [6.45, 7) is 25.2. The number of fused-ring (bicyclic) bond motifs is 2. The summed E-state index contributed by atoms with van der Waals surface area (Å²) in [6.07, 6.45) is 3.89. The highest BCUT2D eigenvalue weighted by molar-refractivity contribution is 6.35. The Labute approximate surface area is 429 Å². The molecule has 72 heavy (non-hydrogen) atoms. The number of benzene rings is 2.